The largest absolute Gasteiger partial charge is 0.347 e. The van der Waals surface area contributed by atoms with Crippen LogP contribution in [0.3, 0.4) is 0 Å². The number of amides is 2. The van der Waals surface area contributed by atoms with Gasteiger partial charge >= 0.3 is 11.8 Å². The molecule has 0 fully saturated rings. The number of anilines is 1. The molecule has 9 heteroatoms. The van der Waals surface area contributed by atoms with E-state index in [0.29, 0.717) is 30.2 Å². The van der Waals surface area contributed by atoms with E-state index >= 15 is 0 Å². The molecule has 0 saturated carbocycles. The van der Waals surface area contributed by atoms with E-state index in [1.54, 1.807) is 62.4 Å². The summed E-state index contributed by atoms with van der Waals surface area (Å²) in [4.78, 5) is 24.1. The highest BCUT2D eigenvalue weighted by molar-refractivity contribution is 7.89. The van der Waals surface area contributed by atoms with Gasteiger partial charge in [0.1, 0.15) is 0 Å². The highest BCUT2D eigenvalue weighted by atomic mass is 35.5. The first-order chi connectivity index (χ1) is 13.8. The fourth-order valence-corrected chi connectivity index (χ4v) is 4.32. The summed E-state index contributed by atoms with van der Waals surface area (Å²) in [6, 6.07) is 13.1. The van der Waals surface area contributed by atoms with Gasteiger partial charge in [-0.3, -0.25) is 9.59 Å². The number of sulfonamides is 1. The van der Waals surface area contributed by atoms with Crippen LogP contribution in [0.25, 0.3) is 0 Å². The second-order valence-electron chi connectivity index (χ2n) is 6.17. The third-order valence-corrected chi connectivity index (χ3v) is 6.69. The van der Waals surface area contributed by atoms with Crippen LogP contribution in [-0.4, -0.2) is 44.2 Å². The zero-order valence-corrected chi connectivity index (χ0v) is 17.9. The zero-order valence-electron chi connectivity index (χ0n) is 16.3. The maximum absolute atomic E-state index is 12.5. The molecule has 0 heterocycles. The lowest BCUT2D eigenvalue weighted by atomic mass is 10.1. The number of nitrogens with zero attached hydrogens (tertiary/aromatic N) is 1. The lowest BCUT2D eigenvalue weighted by Gasteiger charge is -2.18. The molecule has 0 spiro atoms. The van der Waals surface area contributed by atoms with Crippen LogP contribution in [0.4, 0.5) is 5.69 Å². The Labute approximate surface area is 176 Å². The first-order valence-corrected chi connectivity index (χ1v) is 11.0. The number of benzene rings is 2. The van der Waals surface area contributed by atoms with Gasteiger partial charge in [-0.1, -0.05) is 49.7 Å². The number of hydrogen-bond acceptors (Lipinski definition) is 4. The minimum absolute atomic E-state index is 0.230. The Kier molecular flexibility index (Phi) is 8.19. The summed E-state index contributed by atoms with van der Waals surface area (Å²) in [5, 5.41) is 5.32. The Morgan fingerprint density at radius 2 is 1.59 bits per heavy atom. The van der Waals surface area contributed by atoms with Crippen molar-refractivity contribution in [1.29, 1.82) is 0 Å². The Balaban J connectivity index is 1.88. The van der Waals surface area contributed by atoms with Gasteiger partial charge < -0.3 is 10.6 Å². The van der Waals surface area contributed by atoms with Crippen molar-refractivity contribution in [3.05, 3.63) is 59.1 Å². The number of carbonyl (C=O) groups excluding carboxylic acids is 2. The summed E-state index contributed by atoms with van der Waals surface area (Å²) in [7, 11) is -3.50. The van der Waals surface area contributed by atoms with Crippen LogP contribution < -0.4 is 10.6 Å². The molecule has 0 aliphatic carbocycles. The molecule has 2 amide bonds. The zero-order chi connectivity index (χ0) is 21.4. The lowest BCUT2D eigenvalue weighted by Crippen LogP contribution is -2.36. The molecule has 156 valence electrons. The van der Waals surface area contributed by atoms with E-state index in [1.807, 2.05) is 0 Å². The summed E-state index contributed by atoms with van der Waals surface area (Å²) >= 11 is 5.95. The molecule has 2 aromatic carbocycles. The third-order valence-electron chi connectivity index (χ3n) is 4.29. The fourth-order valence-electron chi connectivity index (χ4n) is 2.68. The van der Waals surface area contributed by atoms with Gasteiger partial charge in [0.2, 0.25) is 10.0 Å². The van der Waals surface area contributed by atoms with Gasteiger partial charge in [-0.2, -0.15) is 4.31 Å². The van der Waals surface area contributed by atoms with E-state index in [1.165, 1.54) is 4.31 Å². The second kappa shape index (κ2) is 10.4. The van der Waals surface area contributed by atoms with Crippen molar-refractivity contribution in [3.63, 3.8) is 0 Å². The van der Waals surface area contributed by atoms with Crippen molar-refractivity contribution in [2.75, 3.05) is 25.0 Å². The molecule has 0 saturated heterocycles. The number of halogens is 1. The van der Waals surface area contributed by atoms with Crippen molar-refractivity contribution in [3.8, 4) is 0 Å². The van der Waals surface area contributed by atoms with Crippen molar-refractivity contribution in [2.45, 2.75) is 25.2 Å². The number of para-hydroxylation sites is 1. The van der Waals surface area contributed by atoms with E-state index in [-0.39, 0.29) is 11.4 Å². The normalized spacial score (nSPS) is 11.3. The fraction of sp³-hybridized carbons (Fsp3) is 0.300. The molecule has 0 aromatic heterocycles. The van der Waals surface area contributed by atoms with Crippen LogP contribution in [0.1, 0.15) is 19.4 Å². The molecule has 0 bridgehead atoms. The predicted molar refractivity (Wildman–Crippen MR) is 113 cm³/mol. The quantitative estimate of drug-likeness (QED) is 0.620. The molecule has 2 aromatic rings. The maximum Gasteiger partial charge on any atom is 0.313 e. The lowest BCUT2D eigenvalue weighted by molar-refractivity contribution is -0.136. The van der Waals surface area contributed by atoms with Crippen LogP contribution in [0.2, 0.25) is 5.02 Å². The van der Waals surface area contributed by atoms with Gasteiger partial charge in [-0.15, -0.1) is 0 Å². The molecule has 0 aliphatic rings. The van der Waals surface area contributed by atoms with Crippen LogP contribution in [-0.2, 0) is 26.0 Å². The molecule has 2 N–H and O–H groups in total. The van der Waals surface area contributed by atoms with Gasteiger partial charge in [0.25, 0.3) is 0 Å². The Morgan fingerprint density at radius 3 is 2.17 bits per heavy atom. The molecule has 0 radical (unpaired) electrons. The van der Waals surface area contributed by atoms with Crippen LogP contribution in [0.15, 0.2) is 53.4 Å². The maximum atomic E-state index is 12.5. The molecule has 29 heavy (non-hydrogen) atoms. The summed E-state index contributed by atoms with van der Waals surface area (Å²) in [5.74, 6) is -1.58. The van der Waals surface area contributed by atoms with E-state index in [9.17, 15) is 18.0 Å². The number of nitrogens with one attached hydrogen (secondary N) is 2. The topological polar surface area (TPSA) is 95.6 Å². The van der Waals surface area contributed by atoms with Crippen molar-refractivity contribution < 1.29 is 18.0 Å². The van der Waals surface area contributed by atoms with E-state index in [0.717, 1.165) is 5.56 Å². The number of rotatable bonds is 8. The van der Waals surface area contributed by atoms with Gasteiger partial charge in [0.15, 0.2) is 0 Å². The van der Waals surface area contributed by atoms with Crippen LogP contribution in [0.5, 0.6) is 0 Å². The SMILES string of the molecule is CCN(CC)S(=O)(=O)c1ccc(CCNC(=O)C(=O)Nc2ccccc2Cl)cc1. The van der Waals surface area contributed by atoms with E-state index < -0.39 is 21.8 Å². The summed E-state index contributed by atoms with van der Waals surface area (Å²) in [6.07, 6.45) is 0.455. The smallest absolute Gasteiger partial charge is 0.313 e. The average molecular weight is 438 g/mol. The Bertz CT molecular complexity index is 958. The third kappa shape index (κ3) is 6.03. The second-order valence-corrected chi connectivity index (χ2v) is 8.52. The average Bonchev–Trinajstić information content (AvgIpc) is 2.70. The van der Waals surface area contributed by atoms with Crippen molar-refractivity contribution in [2.24, 2.45) is 0 Å². The highest BCUT2D eigenvalue weighted by Crippen LogP contribution is 2.20. The minimum Gasteiger partial charge on any atom is -0.347 e. The minimum atomic E-state index is -3.50. The van der Waals surface area contributed by atoms with Crippen molar-refractivity contribution >= 4 is 39.1 Å². The first-order valence-electron chi connectivity index (χ1n) is 9.22. The highest BCUT2D eigenvalue weighted by Gasteiger charge is 2.21. The van der Waals surface area contributed by atoms with Crippen LogP contribution >= 0.6 is 11.6 Å². The van der Waals surface area contributed by atoms with Gasteiger partial charge in [-0.05, 0) is 36.2 Å². The van der Waals surface area contributed by atoms with E-state index in [2.05, 4.69) is 10.6 Å². The first kappa shape index (κ1) is 22.9. The Hall–Kier alpha value is -2.42. The summed E-state index contributed by atoms with van der Waals surface area (Å²) < 4.78 is 26.3. The summed E-state index contributed by atoms with van der Waals surface area (Å²) in [6.45, 7) is 4.63. The molecule has 0 unspecified atom stereocenters. The van der Waals surface area contributed by atoms with E-state index in [4.69, 9.17) is 11.6 Å². The molecule has 0 aliphatic heterocycles. The predicted octanol–water partition coefficient (Wildman–Crippen LogP) is 2.67. The number of hydrogen-bond donors (Lipinski definition) is 2. The molecular formula is C20H24ClN3O4S. The van der Waals surface area contributed by atoms with Gasteiger partial charge in [0.05, 0.1) is 15.6 Å². The monoisotopic (exact) mass is 437 g/mol. The molecule has 2 rings (SSSR count). The van der Waals surface area contributed by atoms with Gasteiger partial charge in [-0.25, -0.2) is 8.42 Å². The van der Waals surface area contributed by atoms with Crippen molar-refractivity contribution in [1.82, 2.24) is 9.62 Å². The number of carbonyl (C=O) groups is 2. The van der Waals surface area contributed by atoms with Gasteiger partial charge in [0, 0.05) is 19.6 Å². The molecule has 0 atom stereocenters. The molecular weight excluding hydrogens is 414 g/mol. The standard InChI is InChI=1S/C20H24ClN3O4S/c1-3-24(4-2)29(27,28)16-11-9-15(10-12-16)13-14-22-19(25)20(26)23-18-8-6-5-7-17(18)21/h5-12H,3-4,13-14H2,1-2H3,(H,22,25)(H,23,26). The molecule has 7 nitrogen and oxygen atoms in total. The van der Waals surface area contributed by atoms with Crippen LogP contribution in [0, 0.1) is 0 Å². The summed E-state index contributed by atoms with van der Waals surface area (Å²) in [5.41, 5.74) is 1.20. The Morgan fingerprint density at radius 1 is 0.966 bits per heavy atom.